The Morgan fingerprint density at radius 3 is 3.06 bits per heavy atom. The highest BCUT2D eigenvalue weighted by molar-refractivity contribution is 8.24. The minimum absolute atomic E-state index is 0.0814. The summed E-state index contributed by atoms with van der Waals surface area (Å²) in [5, 5.41) is 15.5. The second-order valence-corrected chi connectivity index (χ2v) is 11.0. The number of aromatic nitrogens is 6. The highest BCUT2D eigenvalue weighted by atomic mass is 32.3. The molecular formula is C23H24N8O2S. The van der Waals surface area contributed by atoms with Crippen LogP contribution in [0.15, 0.2) is 48.1 Å². The molecule has 0 aliphatic carbocycles. The predicted octanol–water partition coefficient (Wildman–Crippen LogP) is 3.86. The van der Waals surface area contributed by atoms with Crippen molar-refractivity contribution in [3.05, 3.63) is 48.7 Å². The number of rotatable bonds is 5. The Labute approximate surface area is 197 Å². The normalized spacial score (nSPS) is 20.9. The lowest BCUT2D eigenvalue weighted by Crippen LogP contribution is -2.25. The van der Waals surface area contributed by atoms with Gasteiger partial charge in [-0.05, 0) is 30.5 Å². The largest absolute Gasteiger partial charge is 0.356 e. The fourth-order valence-corrected chi connectivity index (χ4v) is 6.61. The maximum Gasteiger partial charge on any atom is 0.152 e. The highest BCUT2D eigenvalue weighted by Crippen LogP contribution is 2.54. The predicted molar refractivity (Wildman–Crippen MR) is 129 cm³/mol. The Hall–Kier alpha value is -3.46. The lowest BCUT2D eigenvalue weighted by atomic mass is 9.96. The van der Waals surface area contributed by atoms with Crippen molar-refractivity contribution in [3.8, 4) is 17.3 Å². The number of fused-ring (bicyclic) bond motifs is 2. The molecule has 0 aromatic carbocycles. The maximum atomic E-state index is 10.3. The van der Waals surface area contributed by atoms with Crippen LogP contribution in [0.1, 0.15) is 24.4 Å². The summed E-state index contributed by atoms with van der Waals surface area (Å²) in [7, 11) is -2.78. The molecule has 2 aliphatic heterocycles. The summed E-state index contributed by atoms with van der Waals surface area (Å²) in [4.78, 5) is 18.6. The zero-order valence-corrected chi connectivity index (χ0v) is 19.2. The molecule has 0 amide bonds. The first-order valence-electron chi connectivity index (χ1n) is 11.2. The van der Waals surface area contributed by atoms with Gasteiger partial charge >= 0.3 is 0 Å². The summed E-state index contributed by atoms with van der Waals surface area (Å²) in [6.07, 6.45) is 9.02. The van der Waals surface area contributed by atoms with Gasteiger partial charge in [-0.3, -0.25) is 13.8 Å². The molecule has 1 saturated heterocycles. The van der Waals surface area contributed by atoms with E-state index >= 15 is 0 Å². The number of pyridine rings is 1. The summed E-state index contributed by atoms with van der Waals surface area (Å²) < 4.78 is 22.5. The molecule has 4 aromatic heterocycles. The minimum Gasteiger partial charge on any atom is -0.356 e. The molecule has 3 N–H and O–H groups in total. The van der Waals surface area contributed by atoms with Crippen LogP contribution >= 0.6 is 10.6 Å². The monoisotopic (exact) mass is 476 g/mol. The van der Waals surface area contributed by atoms with Crippen molar-refractivity contribution in [3.63, 3.8) is 0 Å². The Bertz CT molecular complexity index is 1410. The van der Waals surface area contributed by atoms with Crippen LogP contribution in [0, 0.1) is 17.2 Å². The molecule has 2 unspecified atom stereocenters. The summed E-state index contributed by atoms with van der Waals surface area (Å²) in [5.41, 5.74) is 3.39. The number of aryl methyl sites for hydroxylation is 1. The zero-order chi connectivity index (χ0) is 23.3. The van der Waals surface area contributed by atoms with Gasteiger partial charge in [-0.1, -0.05) is 6.07 Å². The lowest BCUT2D eigenvalue weighted by molar-refractivity contribution is 0.332. The Balaban J connectivity index is 1.25. The van der Waals surface area contributed by atoms with Crippen LogP contribution in [0.5, 0.6) is 0 Å². The molecule has 2 atom stereocenters. The van der Waals surface area contributed by atoms with Crippen molar-refractivity contribution in [1.82, 2.24) is 29.7 Å². The first kappa shape index (κ1) is 21.1. The van der Waals surface area contributed by atoms with Gasteiger partial charge in [0, 0.05) is 48.1 Å². The van der Waals surface area contributed by atoms with Crippen molar-refractivity contribution in [2.45, 2.75) is 30.3 Å². The van der Waals surface area contributed by atoms with Crippen LogP contribution < -0.4 is 4.90 Å². The molecule has 1 fully saturated rings. The van der Waals surface area contributed by atoms with Crippen molar-refractivity contribution in [2.75, 3.05) is 23.7 Å². The van der Waals surface area contributed by atoms with Gasteiger partial charge in [0.1, 0.15) is 17.8 Å². The van der Waals surface area contributed by atoms with Crippen LogP contribution in [-0.4, -0.2) is 57.7 Å². The molecule has 34 heavy (non-hydrogen) atoms. The van der Waals surface area contributed by atoms with E-state index in [2.05, 4.69) is 36.0 Å². The van der Waals surface area contributed by atoms with Gasteiger partial charge in [-0.2, -0.15) is 21.0 Å². The van der Waals surface area contributed by atoms with Gasteiger partial charge in [0.2, 0.25) is 0 Å². The molecule has 0 bridgehead atoms. The van der Waals surface area contributed by atoms with E-state index in [4.69, 9.17) is 0 Å². The molecular weight excluding hydrogens is 452 g/mol. The number of H-pyrrole nitrogens is 1. The quantitative estimate of drug-likeness (QED) is 0.394. The van der Waals surface area contributed by atoms with E-state index in [9.17, 15) is 14.4 Å². The van der Waals surface area contributed by atoms with Crippen molar-refractivity contribution in [2.24, 2.45) is 5.92 Å². The molecule has 2 aliphatic rings. The molecule has 174 valence electrons. The minimum atomic E-state index is -2.78. The molecule has 4 aromatic rings. The SMILES string of the molecule is N#CCC(C1CCN(c2ccc3c(n2)S(O)(O)CC3)C1)n1cc(-c2ncnc3[nH]ccc23)cn1. The van der Waals surface area contributed by atoms with Gasteiger partial charge in [-0.15, -0.1) is 0 Å². The number of nitrogens with one attached hydrogen (secondary N) is 1. The fourth-order valence-electron chi connectivity index (χ4n) is 5.08. The summed E-state index contributed by atoms with van der Waals surface area (Å²) in [6.45, 7) is 1.52. The molecule has 6 rings (SSSR count). The fraction of sp³-hybridized carbons (Fsp3) is 0.348. The molecule has 0 saturated carbocycles. The van der Waals surface area contributed by atoms with E-state index in [-0.39, 0.29) is 12.0 Å². The number of hydrogen-bond donors (Lipinski definition) is 3. The van der Waals surface area contributed by atoms with Crippen LogP contribution in [0.25, 0.3) is 22.3 Å². The average molecular weight is 477 g/mol. The zero-order valence-electron chi connectivity index (χ0n) is 18.4. The topological polar surface area (TPSA) is 140 Å². The standard InChI is InChI=1S/C23H24N8O2S/c24-7-3-19(31-13-17(11-28-31)21-18-4-8-25-22(18)27-14-26-21)16-5-9-30(12-16)20-2-1-15-6-10-34(32,33)23(15)29-20/h1-2,4,8,11,13-14,16,19,32-33H,3,5-6,9-10,12H2,(H,25,26,27). The van der Waals surface area contributed by atoms with Crippen molar-refractivity contribution < 1.29 is 9.11 Å². The van der Waals surface area contributed by atoms with Gasteiger partial charge in [0.25, 0.3) is 0 Å². The van der Waals surface area contributed by atoms with Gasteiger partial charge in [-0.25, -0.2) is 15.0 Å². The first-order chi connectivity index (χ1) is 16.5. The number of nitriles is 1. The van der Waals surface area contributed by atoms with Crippen LogP contribution in [0.3, 0.4) is 0 Å². The number of anilines is 1. The highest BCUT2D eigenvalue weighted by Gasteiger charge is 2.34. The van der Waals surface area contributed by atoms with Gasteiger partial charge in [0.05, 0.1) is 30.4 Å². The molecule has 0 spiro atoms. The Morgan fingerprint density at radius 2 is 2.18 bits per heavy atom. The summed E-state index contributed by atoms with van der Waals surface area (Å²) in [6, 6.07) is 8.12. The third-order valence-corrected chi connectivity index (χ3v) is 8.60. The molecule has 10 nitrogen and oxygen atoms in total. The van der Waals surface area contributed by atoms with Crippen LogP contribution in [0.4, 0.5) is 5.82 Å². The van der Waals surface area contributed by atoms with E-state index in [0.29, 0.717) is 23.6 Å². The molecule has 0 radical (unpaired) electrons. The van der Waals surface area contributed by atoms with Crippen molar-refractivity contribution in [1.29, 1.82) is 5.26 Å². The number of hydrogen-bond acceptors (Lipinski definition) is 8. The van der Waals surface area contributed by atoms with Crippen LogP contribution in [0.2, 0.25) is 0 Å². The Kier molecular flexibility index (Phi) is 5.02. The number of nitrogens with zero attached hydrogens (tertiary/aromatic N) is 7. The Morgan fingerprint density at radius 1 is 1.26 bits per heavy atom. The second-order valence-electron chi connectivity index (χ2n) is 8.85. The summed E-state index contributed by atoms with van der Waals surface area (Å²) in [5.74, 6) is 1.32. The third kappa shape index (κ3) is 3.51. The van der Waals surface area contributed by atoms with E-state index in [1.54, 1.807) is 6.20 Å². The number of aromatic amines is 1. The van der Waals surface area contributed by atoms with E-state index in [1.165, 1.54) is 6.33 Å². The van der Waals surface area contributed by atoms with Gasteiger partial charge < -0.3 is 9.88 Å². The van der Waals surface area contributed by atoms with E-state index in [1.807, 2.05) is 35.3 Å². The average Bonchev–Trinajstić information content (AvgIpc) is 3.63. The molecule has 11 heteroatoms. The van der Waals surface area contributed by atoms with E-state index < -0.39 is 10.6 Å². The summed E-state index contributed by atoms with van der Waals surface area (Å²) >= 11 is 0. The lowest BCUT2D eigenvalue weighted by Gasteiger charge is -2.27. The second kappa shape index (κ2) is 8.09. The van der Waals surface area contributed by atoms with Crippen molar-refractivity contribution >= 4 is 27.4 Å². The molecule has 6 heterocycles. The van der Waals surface area contributed by atoms with Gasteiger partial charge in [0.15, 0.2) is 5.03 Å². The van der Waals surface area contributed by atoms with Crippen LogP contribution in [-0.2, 0) is 6.42 Å². The third-order valence-electron chi connectivity index (χ3n) is 6.85. The van der Waals surface area contributed by atoms with E-state index in [0.717, 1.165) is 53.2 Å². The maximum absolute atomic E-state index is 10.3. The smallest absolute Gasteiger partial charge is 0.152 e. The first-order valence-corrected chi connectivity index (χ1v) is 13.0.